The van der Waals surface area contributed by atoms with E-state index in [0.717, 1.165) is 27.9 Å². The summed E-state index contributed by atoms with van der Waals surface area (Å²) in [6, 6.07) is 23.3. The fourth-order valence-corrected chi connectivity index (χ4v) is 5.14. The molecule has 4 heterocycles. The van der Waals surface area contributed by atoms with Gasteiger partial charge in [-0.15, -0.1) is 0 Å². The number of imidazole rings is 1. The number of rotatable bonds is 6. The minimum absolute atomic E-state index is 0.206. The molecule has 0 aliphatic rings. The van der Waals surface area contributed by atoms with E-state index in [4.69, 9.17) is 5.73 Å². The number of carbonyl (C=O) groups excluding carboxylic acids is 1. The van der Waals surface area contributed by atoms with Crippen LogP contribution >= 0.6 is 11.3 Å². The molecule has 7 nitrogen and oxygen atoms in total. The molecule has 4 aromatic heterocycles. The Morgan fingerprint density at radius 1 is 0.892 bits per heavy atom. The Kier molecular flexibility index (Phi) is 5.92. The number of nitrogen functional groups attached to an aromatic ring is 1. The smallest absolute Gasteiger partial charge is 0.252 e. The summed E-state index contributed by atoms with van der Waals surface area (Å²) in [6.45, 7) is 0.393. The number of carbonyl (C=O) groups is 1. The molecular weight excluding hydrogens is 480 g/mol. The van der Waals surface area contributed by atoms with Gasteiger partial charge >= 0.3 is 0 Å². The van der Waals surface area contributed by atoms with Gasteiger partial charge in [-0.05, 0) is 63.8 Å². The summed E-state index contributed by atoms with van der Waals surface area (Å²) < 4.78 is 1.89. The molecule has 6 rings (SSSR count). The molecular formula is C29H22N6OS. The third-order valence-electron chi connectivity index (χ3n) is 6.21. The zero-order valence-electron chi connectivity index (χ0n) is 19.7. The molecule has 1 amide bonds. The first-order chi connectivity index (χ1) is 18.2. The number of hydrogen-bond acceptors (Lipinski definition) is 6. The predicted molar refractivity (Wildman–Crippen MR) is 147 cm³/mol. The molecule has 6 aromatic rings. The molecule has 0 atom stereocenters. The summed E-state index contributed by atoms with van der Waals surface area (Å²) in [4.78, 5) is 27.4. The minimum Gasteiger partial charge on any atom is -0.383 e. The number of benzene rings is 2. The molecule has 0 spiro atoms. The maximum absolute atomic E-state index is 14.0. The summed E-state index contributed by atoms with van der Waals surface area (Å²) >= 11 is 1.58. The molecule has 0 fully saturated rings. The van der Waals surface area contributed by atoms with Crippen LogP contribution in [0.4, 0.5) is 5.82 Å². The summed E-state index contributed by atoms with van der Waals surface area (Å²) in [6.07, 6.45) is 5.09. The Hall–Kier alpha value is -4.82. The third-order valence-corrected chi connectivity index (χ3v) is 6.90. The fraction of sp³-hybridized carbons (Fsp3) is 0.0345. The van der Waals surface area contributed by atoms with Crippen LogP contribution in [-0.2, 0) is 6.54 Å². The van der Waals surface area contributed by atoms with Crippen molar-refractivity contribution in [2.45, 2.75) is 6.54 Å². The first kappa shape index (κ1) is 22.6. The molecule has 2 aromatic carbocycles. The predicted octanol–water partition coefficient (Wildman–Crippen LogP) is 5.72. The van der Waals surface area contributed by atoms with Crippen molar-refractivity contribution in [3.63, 3.8) is 0 Å². The van der Waals surface area contributed by atoms with E-state index in [1.165, 1.54) is 0 Å². The topological polar surface area (TPSA) is 98.7 Å². The van der Waals surface area contributed by atoms with Gasteiger partial charge in [-0.3, -0.25) is 9.36 Å². The second-order valence-electron chi connectivity index (χ2n) is 8.46. The maximum Gasteiger partial charge on any atom is 0.252 e. The highest BCUT2D eigenvalue weighted by atomic mass is 32.1. The highest BCUT2D eigenvalue weighted by Crippen LogP contribution is 2.40. The molecule has 0 saturated carbocycles. The lowest BCUT2D eigenvalue weighted by molar-refractivity contribution is 0.0952. The van der Waals surface area contributed by atoms with Gasteiger partial charge in [0, 0.05) is 30.1 Å². The third kappa shape index (κ3) is 4.23. The van der Waals surface area contributed by atoms with Crippen molar-refractivity contribution in [2.75, 3.05) is 5.73 Å². The Balaban J connectivity index is 1.61. The first-order valence-corrected chi connectivity index (χ1v) is 12.7. The number of hydrogen-bond donors (Lipinski definition) is 2. The molecule has 37 heavy (non-hydrogen) atoms. The average Bonchev–Trinajstić information content (AvgIpc) is 3.63. The van der Waals surface area contributed by atoms with Gasteiger partial charge in [0.05, 0.1) is 11.3 Å². The van der Waals surface area contributed by atoms with Crippen LogP contribution in [0, 0.1) is 0 Å². The van der Waals surface area contributed by atoms with Crippen molar-refractivity contribution in [3.8, 4) is 27.9 Å². The number of pyridine rings is 2. The quantitative estimate of drug-likeness (QED) is 0.303. The average molecular weight is 503 g/mol. The standard InChI is InChI=1S/C29H22N6OS/c30-27-22(8-4-13-31-27)25-24(35-18-34-23-9-5-14-32-28(23)35)11-10-21(20-12-15-37-17-20)26(25)29(36)33-16-19-6-2-1-3-7-19/h1-15,17-18H,16H2,(H2,30,31)(H,33,36). The first-order valence-electron chi connectivity index (χ1n) is 11.7. The zero-order chi connectivity index (χ0) is 25.2. The van der Waals surface area contributed by atoms with E-state index in [1.807, 2.05) is 88.1 Å². The highest BCUT2D eigenvalue weighted by molar-refractivity contribution is 7.08. The van der Waals surface area contributed by atoms with Crippen LogP contribution in [0.2, 0.25) is 0 Å². The van der Waals surface area contributed by atoms with E-state index >= 15 is 0 Å². The van der Waals surface area contributed by atoms with E-state index in [0.29, 0.717) is 34.7 Å². The van der Waals surface area contributed by atoms with Gasteiger partial charge in [-0.2, -0.15) is 11.3 Å². The largest absolute Gasteiger partial charge is 0.383 e. The van der Waals surface area contributed by atoms with Crippen molar-refractivity contribution >= 4 is 34.2 Å². The summed E-state index contributed by atoms with van der Waals surface area (Å²) in [5.74, 6) is 0.128. The molecule has 0 aliphatic heterocycles. The SMILES string of the molecule is Nc1ncccc1-c1c(-n2cnc3cccnc32)ccc(-c2ccsc2)c1C(=O)NCc1ccccc1. The van der Waals surface area contributed by atoms with Crippen molar-refractivity contribution in [2.24, 2.45) is 0 Å². The lowest BCUT2D eigenvalue weighted by Gasteiger charge is -2.20. The van der Waals surface area contributed by atoms with Crippen LogP contribution in [0.3, 0.4) is 0 Å². The van der Waals surface area contributed by atoms with Crippen LogP contribution in [0.5, 0.6) is 0 Å². The number of nitrogens with two attached hydrogens (primary N) is 1. The van der Waals surface area contributed by atoms with Gasteiger partial charge < -0.3 is 11.1 Å². The van der Waals surface area contributed by atoms with Gasteiger partial charge in [0.25, 0.3) is 5.91 Å². The van der Waals surface area contributed by atoms with Crippen molar-refractivity contribution in [3.05, 3.63) is 113 Å². The molecule has 0 unspecified atom stereocenters. The number of aromatic nitrogens is 4. The summed E-state index contributed by atoms with van der Waals surface area (Å²) in [7, 11) is 0. The lowest BCUT2D eigenvalue weighted by Crippen LogP contribution is -2.25. The van der Waals surface area contributed by atoms with Crippen molar-refractivity contribution in [1.29, 1.82) is 0 Å². The van der Waals surface area contributed by atoms with Gasteiger partial charge in [0.15, 0.2) is 5.65 Å². The Bertz CT molecular complexity index is 1710. The van der Waals surface area contributed by atoms with Gasteiger partial charge in [0.1, 0.15) is 17.7 Å². The van der Waals surface area contributed by atoms with Crippen molar-refractivity contribution < 1.29 is 4.79 Å². The summed E-state index contributed by atoms with van der Waals surface area (Å²) in [5, 5.41) is 7.16. The van der Waals surface area contributed by atoms with Gasteiger partial charge in [0.2, 0.25) is 0 Å². The van der Waals surface area contributed by atoms with Crippen LogP contribution in [-0.4, -0.2) is 25.4 Å². The zero-order valence-corrected chi connectivity index (χ0v) is 20.5. The van der Waals surface area contributed by atoms with E-state index in [1.54, 1.807) is 30.1 Å². The van der Waals surface area contributed by atoms with Crippen LogP contribution in [0.1, 0.15) is 15.9 Å². The minimum atomic E-state index is -0.206. The second-order valence-corrected chi connectivity index (χ2v) is 9.24. The Labute approximate surface area is 217 Å². The maximum atomic E-state index is 14.0. The van der Waals surface area contributed by atoms with E-state index in [-0.39, 0.29) is 5.91 Å². The molecule has 0 bridgehead atoms. The Morgan fingerprint density at radius 2 is 1.73 bits per heavy atom. The number of thiophene rings is 1. The highest BCUT2D eigenvalue weighted by Gasteiger charge is 2.25. The van der Waals surface area contributed by atoms with Crippen LogP contribution in [0.25, 0.3) is 39.1 Å². The monoisotopic (exact) mass is 502 g/mol. The number of anilines is 1. The van der Waals surface area contributed by atoms with Crippen LogP contribution < -0.4 is 11.1 Å². The van der Waals surface area contributed by atoms with Crippen LogP contribution in [0.15, 0.2) is 102 Å². The molecule has 0 saturated heterocycles. The molecule has 180 valence electrons. The van der Waals surface area contributed by atoms with Gasteiger partial charge in [-0.25, -0.2) is 15.0 Å². The lowest BCUT2D eigenvalue weighted by atomic mass is 9.90. The van der Waals surface area contributed by atoms with E-state index in [9.17, 15) is 4.79 Å². The number of nitrogens with zero attached hydrogens (tertiary/aromatic N) is 4. The number of nitrogens with one attached hydrogen (secondary N) is 1. The molecule has 8 heteroatoms. The fourth-order valence-electron chi connectivity index (χ4n) is 4.48. The van der Waals surface area contributed by atoms with Gasteiger partial charge in [-0.1, -0.05) is 36.4 Å². The van der Waals surface area contributed by atoms with E-state index in [2.05, 4.69) is 20.3 Å². The normalized spacial score (nSPS) is 11.0. The molecule has 3 N–H and O–H groups in total. The number of fused-ring (bicyclic) bond motifs is 1. The second kappa shape index (κ2) is 9.67. The van der Waals surface area contributed by atoms with E-state index < -0.39 is 0 Å². The molecule has 0 aliphatic carbocycles. The Morgan fingerprint density at radius 3 is 2.54 bits per heavy atom. The summed E-state index contributed by atoms with van der Waals surface area (Å²) in [5.41, 5.74) is 13.2. The number of amides is 1. The molecule has 0 radical (unpaired) electrons. The van der Waals surface area contributed by atoms with Crippen molar-refractivity contribution in [1.82, 2.24) is 24.8 Å².